The molecule has 388 valence electrons. The Balaban J connectivity index is 1.08. The maximum atomic E-state index is 13.3. The minimum Gasteiger partial charge on any atom is -0.465 e. The molecule has 0 N–H and O–H groups in total. The summed E-state index contributed by atoms with van der Waals surface area (Å²) >= 11 is 0. The standard InChI is InChI=1S/C52H60O20/c1-7-43(53)65-27-29(3)67-45(55)31-9-17-35(18-10-31)49(59)71-41-23-21-37(25-39(41)51(61)63-5)69-47(57)33-13-15-34(16-14-33)48(58)70-38-22-24-42(40(26-38)52(62)64-6)72-50(60)36-19-11-32(12-20-36)46(56)68-30(4)28-66-44(54)8-2/h7-8,21-26,29-36H,1-2,9-20,27-28H2,3-6H3. The fourth-order valence-corrected chi connectivity index (χ4v) is 8.51. The van der Waals surface area contributed by atoms with Crippen LogP contribution in [0, 0.1) is 35.5 Å². The number of carbonyl (C=O) groups is 10. The number of esters is 10. The van der Waals surface area contributed by atoms with Crippen LogP contribution < -0.4 is 18.9 Å². The van der Waals surface area contributed by atoms with Crippen LogP contribution in [0.15, 0.2) is 61.7 Å². The molecule has 20 nitrogen and oxygen atoms in total. The molecule has 72 heavy (non-hydrogen) atoms. The molecule has 20 heteroatoms. The first-order chi connectivity index (χ1) is 34.4. The van der Waals surface area contributed by atoms with E-state index in [9.17, 15) is 47.9 Å². The van der Waals surface area contributed by atoms with Gasteiger partial charge in [0.05, 0.1) is 49.7 Å². The molecule has 3 fully saturated rings. The lowest BCUT2D eigenvalue weighted by atomic mass is 9.82. The molecular weight excluding hydrogens is 945 g/mol. The topological polar surface area (TPSA) is 263 Å². The van der Waals surface area contributed by atoms with E-state index in [-0.39, 0.29) is 73.0 Å². The third kappa shape index (κ3) is 15.8. The van der Waals surface area contributed by atoms with Crippen molar-refractivity contribution in [3.05, 3.63) is 72.8 Å². The Morgan fingerprint density at radius 2 is 0.736 bits per heavy atom. The van der Waals surface area contributed by atoms with E-state index >= 15 is 0 Å². The molecule has 5 rings (SSSR count). The van der Waals surface area contributed by atoms with E-state index in [0.29, 0.717) is 51.4 Å². The largest absolute Gasteiger partial charge is 0.465 e. The fraction of sp³-hybridized carbons (Fsp3) is 0.500. The molecular formula is C52H60O20. The van der Waals surface area contributed by atoms with Crippen molar-refractivity contribution >= 4 is 59.7 Å². The molecule has 3 saturated carbocycles. The van der Waals surface area contributed by atoms with Crippen LogP contribution in [0.5, 0.6) is 23.0 Å². The van der Waals surface area contributed by atoms with E-state index in [1.165, 1.54) is 36.4 Å². The Labute approximate surface area is 415 Å². The monoisotopic (exact) mass is 1000 g/mol. The zero-order valence-corrected chi connectivity index (χ0v) is 40.7. The fourth-order valence-electron chi connectivity index (χ4n) is 8.51. The van der Waals surface area contributed by atoms with Crippen LogP contribution in [0.4, 0.5) is 0 Å². The second kappa shape index (κ2) is 26.7. The molecule has 2 aromatic rings. The molecule has 0 amide bonds. The van der Waals surface area contributed by atoms with Crippen molar-refractivity contribution in [3.63, 3.8) is 0 Å². The Kier molecular flexibility index (Phi) is 20.6. The number of benzene rings is 2. The van der Waals surface area contributed by atoms with Crippen LogP contribution in [0.2, 0.25) is 0 Å². The predicted octanol–water partition coefficient (Wildman–Crippen LogP) is 6.32. The molecule has 0 aromatic heterocycles. The van der Waals surface area contributed by atoms with Gasteiger partial charge in [-0.2, -0.15) is 0 Å². The average molecular weight is 1010 g/mol. The van der Waals surface area contributed by atoms with Gasteiger partial charge >= 0.3 is 59.7 Å². The van der Waals surface area contributed by atoms with Gasteiger partial charge in [-0.05, 0) is 127 Å². The van der Waals surface area contributed by atoms with Crippen LogP contribution in [0.3, 0.4) is 0 Å². The maximum Gasteiger partial charge on any atom is 0.341 e. The lowest BCUT2D eigenvalue weighted by Crippen LogP contribution is -2.32. The summed E-state index contributed by atoms with van der Waals surface area (Å²) in [5.41, 5.74) is -0.323. The van der Waals surface area contributed by atoms with Crippen molar-refractivity contribution in [2.45, 2.75) is 103 Å². The van der Waals surface area contributed by atoms with E-state index in [4.69, 9.17) is 47.4 Å². The number of rotatable bonds is 20. The van der Waals surface area contributed by atoms with Crippen LogP contribution in [-0.2, 0) is 66.8 Å². The van der Waals surface area contributed by atoms with Crippen molar-refractivity contribution in [1.82, 2.24) is 0 Å². The lowest BCUT2D eigenvalue weighted by molar-refractivity contribution is -0.161. The summed E-state index contributed by atoms with van der Waals surface area (Å²) in [6.45, 7) is 9.57. The number of ether oxygens (including phenoxy) is 10. The number of carbonyl (C=O) groups excluding carboxylic acids is 10. The van der Waals surface area contributed by atoms with Gasteiger partial charge < -0.3 is 47.4 Å². The summed E-state index contributed by atoms with van der Waals surface area (Å²) in [4.78, 5) is 127. The average Bonchev–Trinajstić information content (AvgIpc) is 3.39. The van der Waals surface area contributed by atoms with E-state index in [1.54, 1.807) is 13.8 Å². The van der Waals surface area contributed by atoms with Gasteiger partial charge in [0.1, 0.15) is 59.5 Å². The van der Waals surface area contributed by atoms with Crippen LogP contribution in [0.25, 0.3) is 0 Å². The molecule has 2 atom stereocenters. The first kappa shape index (κ1) is 55.5. The highest BCUT2D eigenvalue weighted by atomic mass is 16.6. The van der Waals surface area contributed by atoms with Gasteiger partial charge in [-0.1, -0.05) is 13.2 Å². The Bertz CT molecular complexity index is 2200. The molecule has 2 unspecified atom stereocenters. The van der Waals surface area contributed by atoms with Crippen molar-refractivity contribution in [3.8, 4) is 23.0 Å². The molecule has 0 heterocycles. The molecule has 0 radical (unpaired) electrons. The van der Waals surface area contributed by atoms with Gasteiger partial charge in [0, 0.05) is 12.2 Å². The zero-order chi connectivity index (χ0) is 52.5. The van der Waals surface area contributed by atoms with Crippen molar-refractivity contribution in [2.24, 2.45) is 35.5 Å². The minimum absolute atomic E-state index is 0.00704. The summed E-state index contributed by atoms with van der Waals surface area (Å²) in [6, 6.07) is 7.83. The van der Waals surface area contributed by atoms with Crippen LogP contribution in [0.1, 0.15) is 112 Å². The Hall–Kier alpha value is -7.38. The zero-order valence-electron chi connectivity index (χ0n) is 40.7. The second-order valence-electron chi connectivity index (χ2n) is 17.8. The highest BCUT2D eigenvalue weighted by Crippen LogP contribution is 2.36. The molecule has 3 aliphatic rings. The van der Waals surface area contributed by atoms with Crippen LogP contribution >= 0.6 is 0 Å². The Morgan fingerprint density at radius 3 is 1.01 bits per heavy atom. The highest BCUT2D eigenvalue weighted by molar-refractivity contribution is 5.95. The van der Waals surface area contributed by atoms with E-state index in [1.807, 2.05) is 0 Å². The summed E-state index contributed by atoms with van der Waals surface area (Å²) in [6.07, 6.45) is 4.40. The minimum atomic E-state index is -0.849. The van der Waals surface area contributed by atoms with Crippen molar-refractivity contribution in [1.29, 1.82) is 0 Å². The van der Waals surface area contributed by atoms with E-state index < -0.39 is 107 Å². The highest BCUT2D eigenvalue weighted by Gasteiger charge is 2.36. The lowest BCUT2D eigenvalue weighted by Gasteiger charge is -2.27. The molecule has 0 aliphatic heterocycles. The van der Waals surface area contributed by atoms with Crippen LogP contribution in [-0.4, -0.2) is 99.3 Å². The number of hydrogen-bond acceptors (Lipinski definition) is 20. The van der Waals surface area contributed by atoms with Gasteiger partial charge in [-0.3, -0.25) is 28.8 Å². The number of hydrogen-bond donors (Lipinski definition) is 0. The van der Waals surface area contributed by atoms with Gasteiger partial charge in [-0.15, -0.1) is 0 Å². The van der Waals surface area contributed by atoms with Gasteiger partial charge in [-0.25, -0.2) is 19.2 Å². The summed E-state index contributed by atoms with van der Waals surface area (Å²) in [7, 11) is 2.28. The molecule has 2 aromatic carbocycles. The third-order valence-corrected chi connectivity index (χ3v) is 12.6. The third-order valence-electron chi connectivity index (χ3n) is 12.6. The summed E-state index contributed by atoms with van der Waals surface area (Å²) < 4.78 is 52.9. The second-order valence-corrected chi connectivity index (χ2v) is 17.8. The summed E-state index contributed by atoms with van der Waals surface area (Å²) in [5, 5.41) is 0. The normalized spacial score (nSPS) is 21.3. The van der Waals surface area contributed by atoms with E-state index in [0.717, 1.165) is 26.4 Å². The first-order valence-corrected chi connectivity index (χ1v) is 23.7. The SMILES string of the molecule is C=CC(=O)OCC(C)OC(=O)C1CCC(C(=O)Oc2ccc(OC(=O)C3CCC(C(=O)Oc4ccc(OC(=O)C5CCC(C(=O)OC(C)COC(=O)C=C)CC5)c(C(=O)OC)c4)CC3)cc2C(=O)OC)CC1. The quantitative estimate of drug-likeness (QED) is 0.0607. The van der Waals surface area contributed by atoms with Gasteiger partial charge in [0.25, 0.3) is 0 Å². The predicted molar refractivity (Wildman–Crippen MR) is 248 cm³/mol. The molecule has 0 spiro atoms. The molecule has 3 aliphatic carbocycles. The Morgan fingerprint density at radius 1 is 0.458 bits per heavy atom. The van der Waals surface area contributed by atoms with E-state index in [2.05, 4.69) is 13.2 Å². The van der Waals surface area contributed by atoms with Crippen molar-refractivity contribution in [2.75, 3.05) is 27.4 Å². The van der Waals surface area contributed by atoms with Crippen molar-refractivity contribution < 1.29 is 95.3 Å². The smallest absolute Gasteiger partial charge is 0.341 e. The number of methoxy groups -OCH3 is 2. The summed E-state index contributed by atoms with van der Waals surface area (Å²) in [5.74, 6) is -9.86. The maximum absolute atomic E-state index is 13.3. The first-order valence-electron chi connectivity index (χ1n) is 23.7. The van der Waals surface area contributed by atoms with Gasteiger partial charge in [0.2, 0.25) is 0 Å². The molecule has 0 bridgehead atoms. The van der Waals surface area contributed by atoms with Gasteiger partial charge in [0.15, 0.2) is 0 Å². The molecule has 0 saturated heterocycles.